The molecule has 102 valence electrons. The van der Waals surface area contributed by atoms with Crippen LogP contribution in [0, 0.1) is 11.2 Å². The van der Waals surface area contributed by atoms with Crippen LogP contribution in [0.2, 0.25) is 5.02 Å². The highest BCUT2D eigenvalue weighted by Crippen LogP contribution is 2.26. The quantitative estimate of drug-likeness (QED) is 0.912. The predicted octanol–water partition coefficient (Wildman–Crippen LogP) is 3.41. The summed E-state index contributed by atoms with van der Waals surface area (Å²) in [6, 6.07) is 4.69. The van der Waals surface area contributed by atoms with Gasteiger partial charge >= 0.3 is 0 Å². The Morgan fingerprint density at radius 2 is 2.00 bits per heavy atom. The number of rotatable bonds is 4. The third-order valence-electron chi connectivity index (χ3n) is 2.98. The van der Waals surface area contributed by atoms with E-state index in [4.69, 9.17) is 22.1 Å². The summed E-state index contributed by atoms with van der Waals surface area (Å²) in [5.74, 6) is -0.390. The molecule has 0 saturated carbocycles. The fourth-order valence-electron chi connectivity index (χ4n) is 2.24. The van der Waals surface area contributed by atoms with Crippen molar-refractivity contribution in [2.45, 2.75) is 39.3 Å². The smallest absolute Gasteiger partial charge is 0.145 e. The first-order valence-electron chi connectivity index (χ1n) is 5.98. The second kappa shape index (κ2) is 6.00. The van der Waals surface area contributed by atoms with E-state index in [-0.39, 0.29) is 22.6 Å². The minimum Gasteiger partial charge on any atom is -0.379 e. The van der Waals surface area contributed by atoms with Gasteiger partial charge < -0.3 is 10.5 Å². The molecule has 18 heavy (non-hydrogen) atoms. The summed E-state index contributed by atoms with van der Waals surface area (Å²) >= 11 is 5.75. The molecule has 0 radical (unpaired) electrons. The summed E-state index contributed by atoms with van der Waals surface area (Å²) in [4.78, 5) is 0. The van der Waals surface area contributed by atoms with Gasteiger partial charge in [-0.2, -0.15) is 0 Å². The van der Waals surface area contributed by atoms with Crippen molar-refractivity contribution >= 4 is 11.6 Å². The second-order valence-electron chi connectivity index (χ2n) is 5.60. The lowest BCUT2D eigenvalue weighted by Crippen LogP contribution is -2.46. The molecule has 0 aliphatic rings. The van der Waals surface area contributed by atoms with Crippen LogP contribution in [0.1, 0.15) is 26.3 Å². The van der Waals surface area contributed by atoms with Crippen molar-refractivity contribution in [3.63, 3.8) is 0 Å². The average molecular weight is 274 g/mol. The Labute approximate surface area is 113 Å². The van der Waals surface area contributed by atoms with Gasteiger partial charge in [-0.05, 0) is 23.5 Å². The first-order chi connectivity index (χ1) is 8.27. The lowest BCUT2D eigenvalue weighted by Gasteiger charge is -2.34. The molecule has 1 rings (SSSR count). The van der Waals surface area contributed by atoms with E-state index in [1.165, 1.54) is 6.07 Å². The zero-order valence-corrected chi connectivity index (χ0v) is 12.1. The van der Waals surface area contributed by atoms with E-state index in [9.17, 15) is 4.39 Å². The van der Waals surface area contributed by atoms with Crippen molar-refractivity contribution in [2.75, 3.05) is 7.11 Å². The van der Waals surface area contributed by atoms with Crippen LogP contribution in [0.15, 0.2) is 18.2 Å². The Morgan fingerprint density at radius 3 is 2.50 bits per heavy atom. The topological polar surface area (TPSA) is 35.2 Å². The van der Waals surface area contributed by atoms with E-state index in [0.717, 1.165) is 0 Å². The molecule has 2 atom stereocenters. The number of nitrogens with two attached hydrogens (primary N) is 1. The maximum atomic E-state index is 13.8. The molecule has 0 saturated heterocycles. The molecule has 0 heterocycles. The maximum absolute atomic E-state index is 13.8. The number of methoxy groups -OCH3 is 1. The molecule has 0 amide bonds. The van der Waals surface area contributed by atoms with Gasteiger partial charge in [0, 0.05) is 13.2 Å². The highest BCUT2D eigenvalue weighted by atomic mass is 35.5. The van der Waals surface area contributed by atoms with Crippen LogP contribution in [0.4, 0.5) is 4.39 Å². The highest BCUT2D eigenvalue weighted by molar-refractivity contribution is 6.30. The molecular formula is C14H21ClFNO. The van der Waals surface area contributed by atoms with Gasteiger partial charge in [0.25, 0.3) is 0 Å². The van der Waals surface area contributed by atoms with Crippen LogP contribution in [0.5, 0.6) is 0 Å². The molecule has 1 aromatic carbocycles. The highest BCUT2D eigenvalue weighted by Gasteiger charge is 2.30. The number of benzene rings is 1. The average Bonchev–Trinajstić information content (AvgIpc) is 2.23. The van der Waals surface area contributed by atoms with Crippen molar-refractivity contribution in [3.05, 3.63) is 34.6 Å². The molecule has 2 unspecified atom stereocenters. The summed E-state index contributed by atoms with van der Waals surface area (Å²) in [7, 11) is 1.63. The summed E-state index contributed by atoms with van der Waals surface area (Å²) in [5, 5.41) is 0.129. The Bertz CT molecular complexity index is 403. The largest absolute Gasteiger partial charge is 0.379 e. The first-order valence-corrected chi connectivity index (χ1v) is 6.36. The molecule has 0 fully saturated rings. The summed E-state index contributed by atoms with van der Waals surface area (Å²) in [6.07, 6.45) is 0.262. The van der Waals surface area contributed by atoms with E-state index in [1.54, 1.807) is 19.2 Å². The second-order valence-corrected chi connectivity index (χ2v) is 6.01. The minimum absolute atomic E-state index is 0.0940. The molecular weight excluding hydrogens is 253 g/mol. The van der Waals surface area contributed by atoms with Crippen molar-refractivity contribution in [2.24, 2.45) is 11.1 Å². The molecule has 1 aromatic rings. The molecule has 0 aromatic heterocycles. The van der Waals surface area contributed by atoms with Crippen LogP contribution in [-0.2, 0) is 11.2 Å². The molecule has 0 bridgehead atoms. The van der Waals surface area contributed by atoms with Gasteiger partial charge in [-0.25, -0.2) is 4.39 Å². The van der Waals surface area contributed by atoms with Gasteiger partial charge in [-0.1, -0.05) is 44.5 Å². The molecule has 2 nitrogen and oxygen atoms in total. The number of hydrogen-bond donors (Lipinski definition) is 1. The van der Waals surface area contributed by atoms with E-state index in [0.29, 0.717) is 12.0 Å². The molecule has 0 spiro atoms. The third-order valence-corrected chi connectivity index (χ3v) is 3.28. The normalized spacial score (nSPS) is 15.5. The monoisotopic (exact) mass is 273 g/mol. The van der Waals surface area contributed by atoms with Gasteiger partial charge in [0.15, 0.2) is 0 Å². The molecule has 2 N–H and O–H groups in total. The van der Waals surface area contributed by atoms with Crippen LogP contribution in [0.3, 0.4) is 0 Å². The van der Waals surface area contributed by atoms with E-state index in [1.807, 2.05) is 0 Å². The summed E-state index contributed by atoms with van der Waals surface area (Å²) in [5.41, 5.74) is 6.57. The van der Waals surface area contributed by atoms with Crippen molar-refractivity contribution in [1.82, 2.24) is 0 Å². The van der Waals surface area contributed by atoms with Crippen LogP contribution in [-0.4, -0.2) is 19.3 Å². The van der Waals surface area contributed by atoms with Gasteiger partial charge in [-0.3, -0.25) is 0 Å². The lowest BCUT2D eigenvalue weighted by atomic mass is 9.83. The van der Waals surface area contributed by atoms with Gasteiger partial charge in [0.1, 0.15) is 5.82 Å². The molecule has 4 heteroatoms. The lowest BCUT2D eigenvalue weighted by molar-refractivity contribution is -0.00180. The number of ether oxygens (including phenoxy) is 1. The van der Waals surface area contributed by atoms with Crippen molar-refractivity contribution in [3.8, 4) is 0 Å². The van der Waals surface area contributed by atoms with Gasteiger partial charge in [0.2, 0.25) is 0 Å². The first kappa shape index (κ1) is 15.4. The Kier molecular flexibility index (Phi) is 5.14. The fraction of sp³-hybridized carbons (Fsp3) is 0.571. The molecule has 0 aliphatic heterocycles. The number of hydrogen-bond acceptors (Lipinski definition) is 2. The fourth-order valence-corrected chi connectivity index (χ4v) is 2.43. The maximum Gasteiger partial charge on any atom is 0.145 e. The SMILES string of the molecule is COC(C(N)Cc1cccc(Cl)c1F)C(C)(C)C. The zero-order valence-electron chi connectivity index (χ0n) is 11.3. The van der Waals surface area contributed by atoms with Gasteiger partial charge in [-0.15, -0.1) is 0 Å². The summed E-state index contributed by atoms with van der Waals surface area (Å²) < 4.78 is 19.2. The van der Waals surface area contributed by atoms with Crippen LogP contribution < -0.4 is 5.73 Å². The van der Waals surface area contributed by atoms with Crippen molar-refractivity contribution in [1.29, 1.82) is 0 Å². The number of halogens is 2. The third kappa shape index (κ3) is 3.67. The van der Waals surface area contributed by atoms with E-state index < -0.39 is 5.82 Å². The Balaban J connectivity index is 2.87. The Morgan fingerprint density at radius 1 is 1.39 bits per heavy atom. The van der Waals surface area contributed by atoms with Crippen molar-refractivity contribution < 1.29 is 9.13 Å². The van der Waals surface area contributed by atoms with E-state index >= 15 is 0 Å². The van der Waals surface area contributed by atoms with Gasteiger partial charge in [0.05, 0.1) is 11.1 Å². The van der Waals surface area contributed by atoms with Crippen LogP contribution >= 0.6 is 11.6 Å². The van der Waals surface area contributed by atoms with Crippen LogP contribution in [0.25, 0.3) is 0 Å². The standard InChI is InChI=1S/C14H21ClFNO/c1-14(2,3)13(18-4)11(17)8-9-6-5-7-10(15)12(9)16/h5-7,11,13H,8,17H2,1-4H3. The summed E-state index contributed by atoms with van der Waals surface area (Å²) in [6.45, 7) is 6.15. The predicted molar refractivity (Wildman–Crippen MR) is 73.3 cm³/mol. The zero-order chi connectivity index (χ0) is 13.9. The Hall–Kier alpha value is -0.640. The minimum atomic E-state index is -0.390. The molecule has 0 aliphatic carbocycles. The van der Waals surface area contributed by atoms with E-state index in [2.05, 4.69) is 20.8 Å².